The molecule has 0 unspecified atom stereocenters. The molecule has 3 N–H and O–H groups in total. The summed E-state index contributed by atoms with van der Waals surface area (Å²) >= 11 is 0. The lowest BCUT2D eigenvalue weighted by atomic mass is 10.1. The van der Waals surface area contributed by atoms with E-state index in [9.17, 15) is 19.7 Å². The monoisotopic (exact) mass is 392 g/mol. The number of carbonyl (C=O) groups excluding carboxylic acids is 2. The second-order valence-corrected chi connectivity index (χ2v) is 6.68. The lowest BCUT2D eigenvalue weighted by Crippen LogP contribution is -2.34. The van der Waals surface area contributed by atoms with Crippen molar-refractivity contribution >= 4 is 23.1 Å². The van der Waals surface area contributed by atoms with Crippen molar-refractivity contribution in [2.45, 2.75) is 52.4 Å². The molecule has 0 aliphatic carbocycles. The zero-order chi connectivity index (χ0) is 20.8. The lowest BCUT2D eigenvalue weighted by Gasteiger charge is -2.09. The van der Waals surface area contributed by atoms with Crippen molar-refractivity contribution in [1.82, 2.24) is 10.6 Å². The molecule has 0 saturated heterocycles. The Bertz CT molecular complexity index is 649. The maximum atomic E-state index is 11.9. The number of Topliss-reactive ketones (excluding diaryl/α,β-unsaturated/α-hetero) is 1. The first-order valence-corrected chi connectivity index (χ1v) is 10.0. The predicted molar refractivity (Wildman–Crippen MR) is 111 cm³/mol. The van der Waals surface area contributed by atoms with Gasteiger partial charge in [-0.1, -0.05) is 13.8 Å². The lowest BCUT2D eigenvalue weighted by molar-refractivity contribution is -0.384. The Morgan fingerprint density at radius 2 is 1.79 bits per heavy atom. The van der Waals surface area contributed by atoms with Crippen molar-refractivity contribution in [2.24, 2.45) is 0 Å². The largest absolute Gasteiger partial charge is 0.379 e. The van der Waals surface area contributed by atoms with Gasteiger partial charge in [-0.3, -0.25) is 19.7 Å². The number of benzene rings is 1. The summed E-state index contributed by atoms with van der Waals surface area (Å²) in [5, 5.41) is 20.3. The summed E-state index contributed by atoms with van der Waals surface area (Å²) in [6, 6.07) is 4.59. The molecule has 1 aromatic rings. The number of ketones is 1. The molecule has 0 spiro atoms. The molecule has 0 bridgehead atoms. The number of nitrogens with one attached hydrogen (secondary N) is 3. The SMILES string of the molecule is CCCNCC(=O)NCCCCCNc1ccc(C(=O)CCC)cc1[N+](=O)[O-]. The maximum absolute atomic E-state index is 11.9. The number of nitro benzene ring substituents is 1. The van der Waals surface area contributed by atoms with Crippen molar-refractivity contribution in [2.75, 3.05) is 31.5 Å². The highest BCUT2D eigenvalue weighted by Crippen LogP contribution is 2.26. The van der Waals surface area contributed by atoms with Crippen molar-refractivity contribution in [3.63, 3.8) is 0 Å². The molecule has 0 aliphatic rings. The van der Waals surface area contributed by atoms with Gasteiger partial charge < -0.3 is 16.0 Å². The van der Waals surface area contributed by atoms with E-state index in [1.54, 1.807) is 12.1 Å². The van der Waals surface area contributed by atoms with Gasteiger partial charge in [-0.25, -0.2) is 0 Å². The van der Waals surface area contributed by atoms with Crippen LogP contribution in [-0.4, -0.2) is 42.8 Å². The van der Waals surface area contributed by atoms with Crippen LogP contribution in [0.1, 0.15) is 62.7 Å². The number of rotatable bonds is 15. The van der Waals surface area contributed by atoms with Crippen LogP contribution in [0.25, 0.3) is 0 Å². The molecule has 0 atom stereocenters. The zero-order valence-electron chi connectivity index (χ0n) is 16.9. The summed E-state index contributed by atoms with van der Waals surface area (Å²) in [4.78, 5) is 34.3. The fourth-order valence-electron chi connectivity index (χ4n) is 2.70. The van der Waals surface area contributed by atoms with Gasteiger partial charge in [0.1, 0.15) is 5.69 Å². The van der Waals surface area contributed by atoms with Gasteiger partial charge in [0, 0.05) is 31.1 Å². The fourth-order valence-corrected chi connectivity index (χ4v) is 2.70. The molecule has 28 heavy (non-hydrogen) atoms. The van der Waals surface area contributed by atoms with Crippen LogP contribution in [0.2, 0.25) is 0 Å². The van der Waals surface area contributed by atoms with Crippen LogP contribution in [-0.2, 0) is 4.79 Å². The van der Waals surface area contributed by atoms with Gasteiger partial charge >= 0.3 is 0 Å². The number of hydrogen-bond acceptors (Lipinski definition) is 6. The third-order valence-electron chi connectivity index (χ3n) is 4.20. The Balaban J connectivity index is 2.34. The van der Waals surface area contributed by atoms with Crippen LogP contribution in [0.3, 0.4) is 0 Å². The number of hydrogen-bond donors (Lipinski definition) is 3. The second kappa shape index (κ2) is 13.7. The van der Waals surface area contributed by atoms with Crippen LogP contribution in [0.4, 0.5) is 11.4 Å². The first-order chi connectivity index (χ1) is 13.5. The average Bonchev–Trinajstić information content (AvgIpc) is 2.67. The van der Waals surface area contributed by atoms with E-state index in [-0.39, 0.29) is 17.4 Å². The minimum atomic E-state index is -0.465. The maximum Gasteiger partial charge on any atom is 0.293 e. The molecular weight excluding hydrogens is 360 g/mol. The van der Waals surface area contributed by atoms with Crippen molar-refractivity contribution in [1.29, 1.82) is 0 Å². The quantitative estimate of drug-likeness (QED) is 0.183. The van der Waals surface area contributed by atoms with Crippen molar-refractivity contribution in [3.05, 3.63) is 33.9 Å². The summed E-state index contributed by atoms with van der Waals surface area (Å²) in [5.41, 5.74) is 0.727. The molecule has 8 heteroatoms. The molecule has 0 saturated carbocycles. The van der Waals surface area contributed by atoms with Gasteiger partial charge in [0.15, 0.2) is 5.78 Å². The molecule has 0 fully saturated rings. The fraction of sp³-hybridized carbons (Fsp3) is 0.600. The first-order valence-electron chi connectivity index (χ1n) is 10.0. The summed E-state index contributed by atoms with van der Waals surface area (Å²) in [5.74, 6) is -0.0796. The minimum Gasteiger partial charge on any atom is -0.379 e. The number of carbonyl (C=O) groups is 2. The van der Waals surface area contributed by atoms with E-state index in [2.05, 4.69) is 16.0 Å². The van der Waals surface area contributed by atoms with Gasteiger partial charge in [-0.15, -0.1) is 0 Å². The Kier molecular flexibility index (Phi) is 11.5. The highest BCUT2D eigenvalue weighted by molar-refractivity contribution is 5.97. The van der Waals surface area contributed by atoms with Crippen LogP contribution in [0, 0.1) is 10.1 Å². The van der Waals surface area contributed by atoms with E-state index in [1.165, 1.54) is 6.07 Å². The molecule has 0 radical (unpaired) electrons. The van der Waals surface area contributed by atoms with Crippen LogP contribution in [0.15, 0.2) is 18.2 Å². The van der Waals surface area contributed by atoms with E-state index < -0.39 is 4.92 Å². The molecule has 0 heterocycles. The Labute approximate surface area is 166 Å². The van der Waals surface area contributed by atoms with Crippen LogP contribution < -0.4 is 16.0 Å². The molecule has 1 aromatic carbocycles. The Morgan fingerprint density at radius 3 is 2.46 bits per heavy atom. The van der Waals surface area contributed by atoms with Crippen LogP contribution >= 0.6 is 0 Å². The molecular formula is C20H32N4O4. The van der Waals surface area contributed by atoms with Crippen molar-refractivity contribution < 1.29 is 14.5 Å². The van der Waals surface area contributed by atoms with E-state index in [0.717, 1.165) is 32.2 Å². The average molecular weight is 393 g/mol. The molecule has 1 rings (SSSR count). The minimum absolute atomic E-state index is 0.0000836. The van der Waals surface area contributed by atoms with Gasteiger partial charge in [-0.2, -0.15) is 0 Å². The summed E-state index contributed by atoms with van der Waals surface area (Å²) < 4.78 is 0. The highest BCUT2D eigenvalue weighted by atomic mass is 16.6. The summed E-state index contributed by atoms with van der Waals surface area (Å²) in [6.07, 6.45) is 4.68. The molecule has 0 aromatic heterocycles. The number of nitrogens with zero attached hydrogens (tertiary/aromatic N) is 1. The second-order valence-electron chi connectivity index (χ2n) is 6.68. The number of unbranched alkanes of at least 4 members (excludes halogenated alkanes) is 2. The summed E-state index contributed by atoms with van der Waals surface area (Å²) in [7, 11) is 0. The summed E-state index contributed by atoms with van der Waals surface area (Å²) in [6.45, 7) is 6.34. The third-order valence-corrected chi connectivity index (χ3v) is 4.20. The van der Waals surface area contributed by atoms with E-state index in [4.69, 9.17) is 0 Å². The third kappa shape index (κ3) is 8.94. The molecule has 8 nitrogen and oxygen atoms in total. The van der Waals surface area contributed by atoms with Gasteiger partial charge in [0.25, 0.3) is 5.69 Å². The zero-order valence-corrected chi connectivity index (χ0v) is 16.9. The highest BCUT2D eigenvalue weighted by Gasteiger charge is 2.17. The topological polar surface area (TPSA) is 113 Å². The van der Waals surface area contributed by atoms with Crippen LogP contribution in [0.5, 0.6) is 0 Å². The van der Waals surface area contributed by atoms with Gasteiger partial charge in [0.05, 0.1) is 11.5 Å². The molecule has 156 valence electrons. The Morgan fingerprint density at radius 1 is 1.04 bits per heavy atom. The van der Waals surface area contributed by atoms with Gasteiger partial charge in [-0.05, 0) is 50.8 Å². The van der Waals surface area contributed by atoms with E-state index in [0.29, 0.717) is 43.7 Å². The normalized spacial score (nSPS) is 10.5. The van der Waals surface area contributed by atoms with E-state index >= 15 is 0 Å². The smallest absolute Gasteiger partial charge is 0.293 e. The standard InChI is InChI=1S/C20H32N4O4/c1-3-8-19(25)16-9-10-17(18(14-16)24(27)28)22-12-6-5-7-13-23-20(26)15-21-11-4-2/h9-10,14,21-22H,3-8,11-13,15H2,1-2H3,(H,23,26). The predicted octanol–water partition coefficient (Wildman–Crippen LogP) is 3.28. The number of nitro groups is 1. The molecule has 1 amide bonds. The van der Waals surface area contributed by atoms with Crippen molar-refractivity contribution in [3.8, 4) is 0 Å². The van der Waals surface area contributed by atoms with Gasteiger partial charge in [0.2, 0.25) is 5.91 Å². The Hall–Kier alpha value is -2.48. The number of anilines is 1. The van der Waals surface area contributed by atoms with E-state index in [1.807, 2.05) is 13.8 Å². The molecule has 0 aliphatic heterocycles. The first kappa shape index (κ1) is 23.6. The number of amides is 1.